The lowest BCUT2D eigenvalue weighted by Crippen LogP contribution is -2.30. The maximum absolute atomic E-state index is 11.9. The molecule has 0 aliphatic carbocycles. The number of carbonyl (C=O) groups is 4. The number of ether oxygens (including phenoxy) is 1. The summed E-state index contributed by atoms with van der Waals surface area (Å²) >= 11 is 0. The van der Waals surface area contributed by atoms with E-state index in [2.05, 4.69) is 11.3 Å². The Morgan fingerprint density at radius 2 is 1.84 bits per heavy atom. The van der Waals surface area contributed by atoms with E-state index in [-0.39, 0.29) is 28.8 Å². The predicted molar refractivity (Wildman–Crippen MR) is 62.4 cm³/mol. The second-order valence-corrected chi connectivity index (χ2v) is 4.19. The van der Waals surface area contributed by atoms with Crippen molar-refractivity contribution in [2.75, 3.05) is 4.90 Å². The zero-order valence-corrected chi connectivity index (χ0v) is 9.63. The molecule has 2 heterocycles. The number of fused-ring (bicyclic) bond motifs is 1. The summed E-state index contributed by atoms with van der Waals surface area (Å²) in [7, 11) is 0. The number of nitrogens with zero attached hydrogens (tertiary/aromatic N) is 1. The van der Waals surface area contributed by atoms with Gasteiger partial charge in [-0.3, -0.25) is 9.59 Å². The molecule has 0 saturated carbocycles. The third kappa shape index (κ3) is 1.43. The molecule has 94 valence electrons. The number of hydrogen-bond donors (Lipinski definition) is 0. The van der Waals surface area contributed by atoms with Gasteiger partial charge in [-0.2, -0.15) is 0 Å². The zero-order chi connectivity index (χ0) is 13.7. The Bertz CT molecular complexity index is 688. The van der Waals surface area contributed by atoms with Crippen molar-refractivity contribution in [1.82, 2.24) is 0 Å². The number of benzene rings is 1. The fourth-order valence-electron chi connectivity index (χ4n) is 2.15. The second kappa shape index (κ2) is 3.61. The normalized spacial score (nSPS) is 18.1. The molecule has 3 rings (SSSR count). The minimum Gasteiger partial charge on any atom is -0.386 e. The van der Waals surface area contributed by atoms with Crippen LogP contribution in [-0.2, 0) is 14.3 Å². The molecule has 0 N–H and O–H groups in total. The van der Waals surface area contributed by atoms with Crippen LogP contribution >= 0.6 is 0 Å². The second-order valence-electron chi connectivity index (χ2n) is 4.19. The zero-order valence-electron chi connectivity index (χ0n) is 9.63. The highest BCUT2D eigenvalue weighted by Crippen LogP contribution is 2.33. The molecular weight excluding hydrogens is 250 g/mol. The standard InChI is InChI=1S/C13H7NO5/c1-6-5-9(15)14(11(6)16)8-4-2-3-7-10(8)13(18)19-12(7)17/h2-4H,1,5H2. The average Bonchev–Trinajstić information content (AvgIpc) is 2.78. The van der Waals surface area contributed by atoms with Crippen LogP contribution in [0.4, 0.5) is 5.69 Å². The first-order valence-electron chi connectivity index (χ1n) is 5.45. The molecule has 1 aromatic rings. The number of amides is 2. The lowest BCUT2D eigenvalue weighted by molar-refractivity contribution is -0.120. The summed E-state index contributed by atoms with van der Waals surface area (Å²) in [6.45, 7) is 3.49. The molecule has 1 saturated heterocycles. The molecule has 6 heteroatoms. The summed E-state index contributed by atoms with van der Waals surface area (Å²) in [4.78, 5) is 47.6. The quantitative estimate of drug-likeness (QED) is 0.322. The smallest absolute Gasteiger partial charge is 0.349 e. The third-order valence-electron chi connectivity index (χ3n) is 3.01. The van der Waals surface area contributed by atoms with E-state index in [0.29, 0.717) is 0 Å². The van der Waals surface area contributed by atoms with Gasteiger partial charge < -0.3 is 4.74 Å². The Balaban J connectivity index is 2.21. The SMILES string of the molecule is C=C1CC(=O)N(c2cccc3c2C(=O)OC3=O)C1=O. The maximum atomic E-state index is 11.9. The van der Waals surface area contributed by atoms with Crippen molar-refractivity contribution in [2.45, 2.75) is 6.42 Å². The Morgan fingerprint density at radius 3 is 2.47 bits per heavy atom. The van der Waals surface area contributed by atoms with Crippen LogP contribution in [0.1, 0.15) is 27.1 Å². The first kappa shape index (κ1) is 11.3. The number of esters is 2. The van der Waals surface area contributed by atoms with Gasteiger partial charge in [-0.15, -0.1) is 0 Å². The number of cyclic esters (lactones) is 2. The Hall–Kier alpha value is -2.76. The molecule has 0 bridgehead atoms. The average molecular weight is 257 g/mol. The first-order valence-corrected chi connectivity index (χ1v) is 5.45. The van der Waals surface area contributed by atoms with Crippen LogP contribution in [0.3, 0.4) is 0 Å². The number of hydrogen-bond acceptors (Lipinski definition) is 5. The highest BCUT2D eigenvalue weighted by atomic mass is 16.6. The first-order chi connectivity index (χ1) is 9.00. The van der Waals surface area contributed by atoms with Crippen LogP contribution in [0.5, 0.6) is 0 Å². The van der Waals surface area contributed by atoms with Crippen LogP contribution in [0, 0.1) is 0 Å². The molecular formula is C13H7NO5. The number of carbonyl (C=O) groups excluding carboxylic acids is 4. The van der Waals surface area contributed by atoms with E-state index in [1.54, 1.807) is 0 Å². The van der Waals surface area contributed by atoms with E-state index in [4.69, 9.17) is 0 Å². The highest BCUT2D eigenvalue weighted by molar-refractivity contribution is 6.30. The lowest BCUT2D eigenvalue weighted by atomic mass is 10.1. The molecule has 19 heavy (non-hydrogen) atoms. The van der Waals surface area contributed by atoms with Crippen LogP contribution in [0.2, 0.25) is 0 Å². The molecule has 0 spiro atoms. The van der Waals surface area contributed by atoms with Crippen molar-refractivity contribution in [3.8, 4) is 0 Å². The fraction of sp³-hybridized carbons (Fsp3) is 0.0769. The minimum atomic E-state index is -0.853. The van der Waals surface area contributed by atoms with E-state index < -0.39 is 23.8 Å². The van der Waals surface area contributed by atoms with Gasteiger partial charge in [-0.25, -0.2) is 14.5 Å². The van der Waals surface area contributed by atoms with Gasteiger partial charge >= 0.3 is 11.9 Å². The highest BCUT2D eigenvalue weighted by Gasteiger charge is 2.40. The Morgan fingerprint density at radius 1 is 1.11 bits per heavy atom. The summed E-state index contributed by atoms with van der Waals surface area (Å²) in [6, 6.07) is 4.31. The molecule has 0 atom stereocenters. The van der Waals surface area contributed by atoms with Crippen molar-refractivity contribution in [3.63, 3.8) is 0 Å². The third-order valence-corrected chi connectivity index (χ3v) is 3.01. The van der Waals surface area contributed by atoms with Gasteiger partial charge in [0, 0.05) is 5.57 Å². The topological polar surface area (TPSA) is 80.8 Å². The minimum absolute atomic E-state index is 0.0519. The number of imide groups is 1. The monoisotopic (exact) mass is 257 g/mol. The molecule has 0 aromatic heterocycles. The summed E-state index contributed by atoms with van der Waals surface area (Å²) in [6.07, 6.45) is -0.0918. The number of anilines is 1. The van der Waals surface area contributed by atoms with Gasteiger partial charge in [0.15, 0.2) is 0 Å². The van der Waals surface area contributed by atoms with Gasteiger partial charge in [-0.05, 0) is 12.1 Å². The van der Waals surface area contributed by atoms with Gasteiger partial charge in [-0.1, -0.05) is 12.6 Å². The molecule has 6 nitrogen and oxygen atoms in total. The molecule has 2 amide bonds. The Labute approximate surface area is 107 Å². The van der Waals surface area contributed by atoms with E-state index in [0.717, 1.165) is 4.90 Å². The molecule has 2 aliphatic rings. The molecule has 0 radical (unpaired) electrons. The summed E-state index contributed by atoms with van der Waals surface area (Å²) < 4.78 is 4.48. The van der Waals surface area contributed by atoms with E-state index in [1.807, 2.05) is 0 Å². The van der Waals surface area contributed by atoms with Gasteiger partial charge in [0.05, 0.1) is 23.2 Å². The van der Waals surface area contributed by atoms with Gasteiger partial charge in [0.25, 0.3) is 5.91 Å². The van der Waals surface area contributed by atoms with Crippen molar-refractivity contribution >= 4 is 29.4 Å². The van der Waals surface area contributed by atoms with Crippen LogP contribution in [0.15, 0.2) is 30.4 Å². The van der Waals surface area contributed by atoms with Crippen LogP contribution in [0.25, 0.3) is 0 Å². The summed E-state index contributed by atoms with van der Waals surface area (Å²) in [5.74, 6) is -2.67. The maximum Gasteiger partial charge on any atom is 0.349 e. The van der Waals surface area contributed by atoms with Crippen molar-refractivity contribution in [1.29, 1.82) is 0 Å². The largest absolute Gasteiger partial charge is 0.386 e. The van der Waals surface area contributed by atoms with Crippen molar-refractivity contribution in [3.05, 3.63) is 41.5 Å². The van der Waals surface area contributed by atoms with E-state index in [9.17, 15) is 19.2 Å². The van der Waals surface area contributed by atoms with Gasteiger partial charge in [0.1, 0.15) is 0 Å². The van der Waals surface area contributed by atoms with Gasteiger partial charge in [0.2, 0.25) is 5.91 Å². The molecule has 1 aromatic carbocycles. The molecule has 2 aliphatic heterocycles. The van der Waals surface area contributed by atoms with Crippen LogP contribution < -0.4 is 4.90 Å². The summed E-state index contributed by atoms with van der Waals surface area (Å²) in [5, 5.41) is 0. The molecule has 0 unspecified atom stereocenters. The van der Waals surface area contributed by atoms with Crippen molar-refractivity contribution < 1.29 is 23.9 Å². The van der Waals surface area contributed by atoms with E-state index in [1.165, 1.54) is 18.2 Å². The fourth-order valence-corrected chi connectivity index (χ4v) is 2.15. The predicted octanol–water partition coefficient (Wildman–Crippen LogP) is 0.817. The van der Waals surface area contributed by atoms with Crippen molar-refractivity contribution in [2.24, 2.45) is 0 Å². The van der Waals surface area contributed by atoms with E-state index >= 15 is 0 Å². The summed E-state index contributed by atoms with van der Waals surface area (Å²) in [5.41, 5.74) is 0.229. The Kier molecular flexibility index (Phi) is 2.16. The molecule has 1 fully saturated rings. The van der Waals surface area contributed by atoms with Crippen LogP contribution in [-0.4, -0.2) is 23.8 Å². The number of rotatable bonds is 1. The lowest BCUT2D eigenvalue weighted by Gasteiger charge is -2.15.